The summed E-state index contributed by atoms with van der Waals surface area (Å²) in [5.74, 6) is -1.04. The third-order valence-electron chi connectivity index (χ3n) is 2.14. The number of hydrogen-bond acceptors (Lipinski definition) is 4. The summed E-state index contributed by atoms with van der Waals surface area (Å²) >= 11 is 1.29. The maximum absolute atomic E-state index is 10.7. The third-order valence-corrected chi connectivity index (χ3v) is 3.09. The Bertz CT molecular complexity index is 336. The fraction of sp³-hybridized carbons (Fsp3) is 0.600. The van der Waals surface area contributed by atoms with E-state index in [4.69, 9.17) is 10.8 Å². The number of anilines is 1. The largest absolute Gasteiger partial charge is 0.476 e. The van der Waals surface area contributed by atoms with E-state index in [1.807, 2.05) is 0 Å². The second kappa shape index (κ2) is 5.70. The van der Waals surface area contributed by atoms with Crippen LogP contribution in [0.3, 0.4) is 0 Å². The molecule has 1 aromatic heterocycles. The minimum Gasteiger partial charge on any atom is -0.476 e. The Labute approximate surface area is 93.1 Å². The summed E-state index contributed by atoms with van der Waals surface area (Å²) in [6.45, 7) is 2.16. The van der Waals surface area contributed by atoms with Crippen LogP contribution >= 0.6 is 11.3 Å². The lowest BCUT2D eigenvalue weighted by Crippen LogP contribution is -2.00. The van der Waals surface area contributed by atoms with Gasteiger partial charge < -0.3 is 10.8 Å². The van der Waals surface area contributed by atoms with Crippen LogP contribution in [-0.2, 0) is 6.42 Å². The fourth-order valence-electron chi connectivity index (χ4n) is 1.34. The van der Waals surface area contributed by atoms with Crippen LogP contribution in [0.15, 0.2) is 0 Å². The van der Waals surface area contributed by atoms with Crippen molar-refractivity contribution in [3.05, 3.63) is 10.7 Å². The van der Waals surface area contributed by atoms with Crippen molar-refractivity contribution in [2.24, 2.45) is 0 Å². The van der Waals surface area contributed by atoms with E-state index in [9.17, 15) is 4.79 Å². The molecule has 0 radical (unpaired) electrons. The van der Waals surface area contributed by atoms with Gasteiger partial charge in [-0.15, -0.1) is 11.3 Å². The second-order valence-electron chi connectivity index (χ2n) is 3.44. The lowest BCUT2D eigenvalue weighted by atomic mass is 10.2. The predicted octanol–water partition coefficient (Wildman–Crippen LogP) is 2.55. The van der Waals surface area contributed by atoms with Crippen molar-refractivity contribution >= 4 is 22.3 Å². The summed E-state index contributed by atoms with van der Waals surface area (Å²) in [5, 5.41) is 9.90. The molecular formula is C10H16N2O2S. The Balaban J connectivity index is 2.48. The minimum absolute atomic E-state index is 0.00508. The molecule has 0 spiro atoms. The van der Waals surface area contributed by atoms with E-state index < -0.39 is 5.97 Å². The van der Waals surface area contributed by atoms with Gasteiger partial charge in [-0.05, 0) is 12.8 Å². The predicted molar refractivity (Wildman–Crippen MR) is 61.3 cm³/mol. The van der Waals surface area contributed by atoms with Gasteiger partial charge in [-0.1, -0.05) is 26.2 Å². The monoisotopic (exact) mass is 228 g/mol. The standard InChI is InChI=1S/C10H16N2O2S/c1-2-3-4-5-6-7-12-8(10(13)14)9(11)15-7/h2-6,11H2,1H3,(H,13,14). The average molecular weight is 228 g/mol. The number of carbonyl (C=O) groups is 1. The summed E-state index contributed by atoms with van der Waals surface area (Å²) in [6, 6.07) is 0. The van der Waals surface area contributed by atoms with Crippen molar-refractivity contribution in [3.8, 4) is 0 Å². The third kappa shape index (κ3) is 3.51. The Morgan fingerprint density at radius 2 is 2.20 bits per heavy atom. The molecule has 0 aliphatic heterocycles. The maximum Gasteiger partial charge on any atom is 0.357 e. The zero-order valence-corrected chi connectivity index (χ0v) is 9.64. The summed E-state index contributed by atoms with van der Waals surface area (Å²) in [7, 11) is 0. The molecule has 84 valence electrons. The number of carboxylic acid groups (broad SMARTS) is 1. The molecule has 0 unspecified atom stereocenters. The lowest BCUT2D eigenvalue weighted by molar-refractivity contribution is 0.0692. The van der Waals surface area contributed by atoms with Gasteiger partial charge in [-0.25, -0.2) is 9.78 Å². The minimum atomic E-state index is -1.04. The van der Waals surface area contributed by atoms with Crippen molar-refractivity contribution < 1.29 is 9.90 Å². The van der Waals surface area contributed by atoms with Crippen molar-refractivity contribution in [2.45, 2.75) is 39.0 Å². The molecule has 4 nitrogen and oxygen atoms in total. The number of rotatable bonds is 6. The number of carboxylic acids is 1. The van der Waals surface area contributed by atoms with Crippen LogP contribution in [0.2, 0.25) is 0 Å². The number of aromatic nitrogens is 1. The van der Waals surface area contributed by atoms with Gasteiger partial charge in [0.15, 0.2) is 5.69 Å². The fourth-order valence-corrected chi connectivity index (χ4v) is 2.21. The highest BCUT2D eigenvalue weighted by Gasteiger charge is 2.14. The number of nitrogens with two attached hydrogens (primary N) is 1. The van der Waals surface area contributed by atoms with E-state index in [-0.39, 0.29) is 5.69 Å². The number of nitrogen functional groups attached to an aromatic ring is 1. The molecule has 0 aliphatic carbocycles. The molecule has 1 heterocycles. The van der Waals surface area contributed by atoms with Crippen LogP contribution in [-0.4, -0.2) is 16.1 Å². The maximum atomic E-state index is 10.7. The van der Waals surface area contributed by atoms with Gasteiger partial charge in [0.25, 0.3) is 0 Å². The molecule has 0 aliphatic rings. The Kier molecular flexibility index (Phi) is 4.55. The number of nitrogens with zero attached hydrogens (tertiary/aromatic N) is 1. The number of hydrogen-bond donors (Lipinski definition) is 2. The highest BCUT2D eigenvalue weighted by Crippen LogP contribution is 2.22. The van der Waals surface area contributed by atoms with Crippen molar-refractivity contribution in [1.82, 2.24) is 4.98 Å². The van der Waals surface area contributed by atoms with E-state index in [0.717, 1.165) is 17.8 Å². The van der Waals surface area contributed by atoms with Gasteiger partial charge in [0.05, 0.1) is 5.01 Å². The van der Waals surface area contributed by atoms with Crippen molar-refractivity contribution in [3.63, 3.8) is 0 Å². The molecule has 1 rings (SSSR count). The summed E-state index contributed by atoms with van der Waals surface area (Å²) in [6.07, 6.45) is 5.47. The molecule has 15 heavy (non-hydrogen) atoms. The van der Waals surface area contributed by atoms with Gasteiger partial charge in [0, 0.05) is 0 Å². The van der Waals surface area contributed by atoms with Crippen LogP contribution in [0.5, 0.6) is 0 Å². The first-order valence-corrected chi connectivity index (χ1v) is 5.95. The Hall–Kier alpha value is -1.10. The molecule has 0 saturated carbocycles. The summed E-state index contributed by atoms with van der Waals surface area (Å²) < 4.78 is 0. The summed E-state index contributed by atoms with van der Waals surface area (Å²) in [4.78, 5) is 14.7. The van der Waals surface area contributed by atoms with Crippen LogP contribution < -0.4 is 5.73 Å². The van der Waals surface area contributed by atoms with Crippen LogP contribution in [0.25, 0.3) is 0 Å². The van der Waals surface area contributed by atoms with E-state index >= 15 is 0 Å². The number of thiazole rings is 1. The van der Waals surface area contributed by atoms with Gasteiger partial charge in [0.2, 0.25) is 0 Å². The van der Waals surface area contributed by atoms with E-state index in [1.54, 1.807) is 0 Å². The van der Waals surface area contributed by atoms with Gasteiger partial charge >= 0.3 is 5.97 Å². The van der Waals surface area contributed by atoms with Gasteiger partial charge in [-0.3, -0.25) is 0 Å². The van der Waals surface area contributed by atoms with Gasteiger partial charge in [0.1, 0.15) is 5.00 Å². The van der Waals surface area contributed by atoms with Crippen LogP contribution in [0, 0.1) is 0 Å². The zero-order chi connectivity index (χ0) is 11.3. The topological polar surface area (TPSA) is 76.2 Å². The molecule has 5 heteroatoms. The number of aromatic carboxylic acids is 1. The average Bonchev–Trinajstić information content (AvgIpc) is 2.55. The number of aryl methyl sites for hydroxylation is 1. The summed E-state index contributed by atoms with van der Waals surface area (Å²) in [5.41, 5.74) is 5.55. The highest BCUT2D eigenvalue weighted by molar-refractivity contribution is 7.15. The molecule has 3 N–H and O–H groups in total. The molecule has 0 saturated heterocycles. The quantitative estimate of drug-likeness (QED) is 0.733. The normalized spacial score (nSPS) is 10.5. The number of unbranched alkanes of at least 4 members (excludes halogenated alkanes) is 3. The molecule has 0 amide bonds. The lowest BCUT2D eigenvalue weighted by Gasteiger charge is -1.95. The first-order chi connectivity index (χ1) is 7.15. The van der Waals surface area contributed by atoms with E-state index in [2.05, 4.69) is 11.9 Å². The molecule has 1 aromatic rings. The van der Waals surface area contributed by atoms with E-state index in [0.29, 0.717) is 5.00 Å². The smallest absolute Gasteiger partial charge is 0.357 e. The first kappa shape index (κ1) is 12.0. The highest BCUT2D eigenvalue weighted by atomic mass is 32.1. The zero-order valence-electron chi connectivity index (χ0n) is 8.82. The first-order valence-electron chi connectivity index (χ1n) is 5.13. The van der Waals surface area contributed by atoms with Crippen LogP contribution in [0.4, 0.5) is 5.00 Å². The Morgan fingerprint density at radius 1 is 1.47 bits per heavy atom. The Morgan fingerprint density at radius 3 is 2.73 bits per heavy atom. The van der Waals surface area contributed by atoms with Crippen molar-refractivity contribution in [1.29, 1.82) is 0 Å². The molecule has 0 atom stereocenters. The molecule has 0 aromatic carbocycles. The van der Waals surface area contributed by atoms with E-state index in [1.165, 1.54) is 30.6 Å². The second-order valence-corrected chi connectivity index (χ2v) is 4.55. The van der Waals surface area contributed by atoms with Crippen LogP contribution in [0.1, 0.15) is 48.1 Å². The molecule has 0 bridgehead atoms. The molecule has 0 fully saturated rings. The van der Waals surface area contributed by atoms with Crippen molar-refractivity contribution in [2.75, 3.05) is 5.73 Å². The molecular weight excluding hydrogens is 212 g/mol. The van der Waals surface area contributed by atoms with Gasteiger partial charge in [-0.2, -0.15) is 0 Å². The SMILES string of the molecule is CCCCCCc1nc(C(=O)O)c(N)s1.